The number of benzene rings is 1. The molecule has 1 aromatic carbocycles. The van der Waals surface area contributed by atoms with Crippen molar-refractivity contribution < 1.29 is 0 Å². The molecule has 13 heavy (non-hydrogen) atoms. The van der Waals surface area contributed by atoms with E-state index in [1.54, 1.807) is 0 Å². The van der Waals surface area contributed by atoms with Crippen molar-refractivity contribution in [1.29, 1.82) is 0 Å². The van der Waals surface area contributed by atoms with Crippen LogP contribution in [0.5, 0.6) is 0 Å². The predicted octanol–water partition coefficient (Wildman–Crippen LogP) is 2.94. The molecule has 0 amide bonds. The lowest BCUT2D eigenvalue weighted by Crippen LogP contribution is -2.35. The van der Waals surface area contributed by atoms with Crippen molar-refractivity contribution in [2.45, 2.75) is 25.8 Å². The number of halogens is 1. The number of hydrogen-bond acceptors (Lipinski definition) is 1. The quantitative estimate of drug-likeness (QED) is 0.765. The van der Waals surface area contributed by atoms with Gasteiger partial charge in [0.05, 0.1) is 0 Å². The summed E-state index contributed by atoms with van der Waals surface area (Å²) in [5.74, 6) is 0. The lowest BCUT2D eigenvalue weighted by atomic mass is 9.92. The molecule has 1 aromatic rings. The maximum absolute atomic E-state index is 6.18. The summed E-state index contributed by atoms with van der Waals surface area (Å²) < 4.78 is 0. The fraction of sp³-hybridized carbons (Fsp3) is 0.455. The van der Waals surface area contributed by atoms with Crippen LogP contribution < -0.4 is 5.32 Å². The highest BCUT2D eigenvalue weighted by Gasteiger charge is 2.22. The fourth-order valence-electron chi connectivity index (χ4n) is 1.82. The summed E-state index contributed by atoms with van der Waals surface area (Å²) in [5, 5.41) is 4.31. The molecule has 1 atom stereocenters. The lowest BCUT2D eigenvalue weighted by Gasteiger charge is -2.30. The zero-order valence-electron chi connectivity index (χ0n) is 7.81. The van der Waals surface area contributed by atoms with Crippen molar-refractivity contribution in [3.05, 3.63) is 34.3 Å². The summed E-state index contributed by atoms with van der Waals surface area (Å²) >= 11 is 6.18. The van der Waals surface area contributed by atoms with E-state index >= 15 is 0 Å². The number of hydrogen-bond donors (Lipinski definition) is 1. The van der Waals surface area contributed by atoms with Gasteiger partial charge in [-0.1, -0.05) is 30.7 Å². The van der Waals surface area contributed by atoms with Gasteiger partial charge in [-0.15, -0.1) is 0 Å². The van der Waals surface area contributed by atoms with Crippen molar-refractivity contribution in [2.75, 3.05) is 6.54 Å². The van der Waals surface area contributed by atoms with E-state index in [-0.39, 0.29) is 0 Å². The van der Waals surface area contributed by atoms with Crippen LogP contribution in [0.15, 0.2) is 18.2 Å². The molecule has 1 unspecified atom stereocenters. The molecule has 2 rings (SSSR count). The Morgan fingerprint density at radius 3 is 2.85 bits per heavy atom. The molecule has 0 radical (unpaired) electrons. The molecular formula is C11H14ClN. The smallest absolute Gasteiger partial charge is 0.0456 e. The van der Waals surface area contributed by atoms with Gasteiger partial charge in [0, 0.05) is 11.1 Å². The minimum Gasteiger partial charge on any atom is -0.310 e. The molecule has 70 valence electrons. The predicted molar refractivity (Wildman–Crippen MR) is 56.2 cm³/mol. The van der Waals surface area contributed by atoms with Crippen molar-refractivity contribution in [3.8, 4) is 0 Å². The summed E-state index contributed by atoms with van der Waals surface area (Å²) in [5.41, 5.74) is 2.70. The van der Waals surface area contributed by atoms with Gasteiger partial charge in [-0.3, -0.25) is 0 Å². The second-order valence-corrected chi connectivity index (χ2v) is 3.87. The maximum atomic E-state index is 6.18. The molecule has 0 saturated carbocycles. The van der Waals surface area contributed by atoms with E-state index in [9.17, 15) is 0 Å². The molecule has 0 spiro atoms. The van der Waals surface area contributed by atoms with E-state index in [4.69, 9.17) is 11.6 Å². The molecule has 1 N–H and O–H groups in total. The van der Waals surface area contributed by atoms with E-state index in [1.807, 2.05) is 12.1 Å². The molecule has 1 heterocycles. The summed E-state index contributed by atoms with van der Waals surface area (Å²) in [6.45, 7) is 3.30. The summed E-state index contributed by atoms with van der Waals surface area (Å²) in [7, 11) is 0. The topological polar surface area (TPSA) is 12.0 Å². The Kier molecular flexibility index (Phi) is 2.56. The van der Waals surface area contributed by atoms with Crippen molar-refractivity contribution in [1.82, 2.24) is 5.32 Å². The standard InChI is InChI=1S/C11H14ClN/c1-2-8-4-3-5-9(12)11(8)10-6-7-13-10/h3-5,10,13H,2,6-7H2,1H3. The third-order valence-corrected chi connectivity index (χ3v) is 3.03. The molecule has 0 aromatic heterocycles. The molecule has 2 heteroatoms. The first kappa shape index (κ1) is 9.04. The van der Waals surface area contributed by atoms with Gasteiger partial charge in [0.2, 0.25) is 0 Å². The average molecular weight is 196 g/mol. The normalized spacial score (nSPS) is 21.2. The average Bonchev–Trinajstić information content (AvgIpc) is 2.05. The highest BCUT2D eigenvalue weighted by molar-refractivity contribution is 6.31. The highest BCUT2D eigenvalue weighted by atomic mass is 35.5. The van der Waals surface area contributed by atoms with Gasteiger partial charge in [0.15, 0.2) is 0 Å². The van der Waals surface area contributed by atoms with E-state index < -0.39 is 0 Å². The van der Waals surface area contributed by atoms with Crippen LogP contribution in [0.2, 0.25) is 5.02 Å². The largest absolute Gasteiger partial charge is 0.310 e. The Labute approximate surface area is 84.1 Å². The second kappa shape index (κ2) is 3.69. The Morgan fingerprint density at radius 2 is 2.31 bits per heavy atom. The van der Waals surface area contributed by atoms with E-state index in [0.29, 0.717) is 6.04 Å². The first-order valence-corrected chi connectivity index (χ1v) is 5.21. The fourth-order valence-corrected chi connectivity index (χ4v) is 2.14. The van der Waals surface area contributed by atoms with Gasteiger partial charge < -0.3 is 5.32 Å². The minimum absolute atomic E-state index is 0.503. The monoisotopic (exact) mass is 195 g/mol. The van der Waals surface area contributed by atoms with Crippen LogP contribution in [0.1, 0.15) is 30.5 Å². The third-order valence-electron chi connectivity index (χ3n) is 2.70. The van der Waals surface area contributed by atoms with Crippen LogP contribution in [0.25, 0.3) is 0 Å². The number of rotatable bonds is 2. The second-order valence-electron chi connectivity index (χ2n) is 3.46. The summed E-state index contributed by atoms with van der Waals surface area (Å²) in [4.78, 5) is 0. The SMILES string of the molecule is CCc1cccc(Cl)c1C1CCN1. The van der Waals surface area contributed by atoms with E-state index in [0.717, 1.165) is 18.0 Å². The van der Waals surface area contributed by atoms with Crippen LogP contribution in [-0.4, -0.2) is 6.54 Å². The van der Waals surface area contributed by atoms with Crippen molar-refractivity contribution in [2.24, 2.45) is 0 Å². The molecule has 0 bridgehead atoms. The first-order valence-electron chi connectivity index (χ1n) is 4.83. The summed E-state index contributed by atoms with van der Waals surface area (Å²) in [6.07, 6.45) is 2.28. The Balaban J connectivity index is 2.39. The van der Waals surface area contributed by atoms with Crippen molar-refractivity contribution in [3.63, 3.8) is 0 Å². The molecule has 0 aliphatic carbocycles. The Morgan fingerprint density at radius 1 is 1.54 bits per heavy atom. The Hall–Kier alpha value is -0.530. The third kappa shape index (κ3) is 1.59. The van der Waals surface area contributed by atoms with Gasteiger partial charge >= 0.3 is 0 Å². The minimum atomic E-state index is 0.503. The van der Waals surface area contributed by atoms with Crippen LogP contribution in [0, 0.1) is 0 Å². The van der Waals surface area contributed by atoms with Gasteiger partial charge in [-0.25, -0.2) is 0 Å². The van der Waals surface area contributed by atoms with Gasteiger partial charge in [-0.2, -0.15) is 0 Å². The maximum Gasteiger partial charge on any atom is 0.0456 e. The van der Waals surface area contributed by atoms with Gasteiger partial charge in [-0.05, 0) is 36.6 Å². The van der Waals surface area contributed by atoms with Crippen LogP contribution in [-0.2, 0) is 6.42 Å². The molecule has 1 fully saturated rings. The van der Waals surface area contributed by atoms with Gasteiger partial charge in [0.1, 0.15) is 0 Å². The summed E-state index contributed by atoms with van der Waals surface area (Å²) in [6, 6.07) is 6.68. The van der Waals surface area contributed by atoms with Crippen LogP contribution in [0.4, 0.5) is 0 Å². The van der Waals surface area contributed by atoms with Crippen LogP contribution in [0.3, 0.4) is 0 Å². The van der Waals surface area contributed by atoms with E-state index in [2.05, 4.69) is 18.3 Å². The highest BCUT2D eigenvalue weighted by Crippen LogP contribution is 2.32. The lowest BCUT2D eigenvalue weighted by molar-refractivity contribution is 0.381. The number of nitrogens with one attached hydrogen (secondary N) is 1. The molecule has 1 nitrogen and oxygen atoms in total. The zero-order chi connectivity index (χ0) is 9.26. The molecule has 1 saturated heterocycles. The molecular weight excluding hydrogens is 182 g/mol. The Bertz CT molecular complexity index is 305. The molecule has 1 aliphatic rings. The first-order chi connectivity index (χ1) is 6.33. The number of aryl methyl sites for hydroxylation is 1. The van der Waals surface area contributed by atoms with Gasteiger partial charge in [0.25, 0.3) is 0 Å². The zero-order valence-corrected chi connectivity index (χ0v) is 8.56. The van der Waals surface area contributed by atoms with E-state index in [1.165, 1.54) is 17.5 Å². The van der Waals surface area contributed by atoms with Crippen molar-refractivity contribution >= 4 is 11.6 Å². The molecule has 1 aliphatic heterocycles. The van der Waals surface area contributed by atoms with Crippen LogP contribution >= 0.6 is 11.6 Å².